The van der Waals surface area contributed by atoms with E-state index in [0.29, 0.717) is 0 Å². The van der Waals surface area contributed by atoms with Gasteiger partial charge in [0.2, 0.25) is 0 Å². The highest BCUT2D eigenvalue weighted by Crippen LogP contribution is 2.32. The lowest BCUT2D eigenvalue weighted by molar-refractivity contribution is 0.318. The van der Waals surface area contributed by atoms with E-state index in [2.05, 4.69) is 17.3 Å². The summed E-state index contributed by atoms with van der Waals surface area (Å²) in [6.45, 7) is 0. The zero-order valence-electron chi connectivity index (χ0n) is 10.8. The second-order valence-corrected chi connectivity index (χ2v) is 6.00. The van der Waals surface area contributed by atoms with Crippen molar-refractivity contribution in [1.82, 2.24) is 0 Å². The van der Waals surface area contributed by atoms with Crippen molar-refractivity contribution >= 4 is 22.6 Å². The first-order valence-corrected chi connectivity index (χ1v) is 7.31. The minimum Gasteiger partial charge on any atom is -0.411 e. The van der Waals surface area contributed by atoms with Crippen LogP contribution in [0, 0.1) is 5.82 Å². The highest BCUT2D eigenvalue weighted by molar-refractivity contribution is 7.13. The van der Waals surface area contributed by atoms with Crippen molar-refractivity contribution in [2.45, 2.75) is 19.3 Å². The van der Waals surface area contributed by atoms with Crippen LogP contribution in [-0.4, -0.2) is 10.9 Å². The smallest absolute Gasteiger partial charge is 0.123 e. The number of hydrogen-bond donors (Lipinski definition) is 1. The maximum Gasteiger partial charge on any atom is 0.123 e. The highest BCUT2D eigenvalue weighted by atomic mass is 32.1. The number of thiophene rings is 1. The predicted molar refractivity (Wildman–Crippen MR) is 80.0 cm³/mol. The molecule has 0 amide bonds. The Kier molecular flexibility index (Phi) is 3.65. The summed E-state index contributed by atoms with van der Waals surface area (Å²) in [5.74, 6) is -0.201. The average molecular weight is 287 g/mol. The number of hydrogen-bond acceptors (Lipinski definition) is 3. The summed E-state index contributed by atoms with van der Waals surface area (Å²) in [4.78, 5) is 2.47. The predicted octanol–water partition coefficient (Wildman–Crippen LogP) is 4.49. The van der Waals surface area contributed by atoms with Crippen molar-refractivity contribution < 1.29 is 9.60 Å². The first-order valence-electron chi connectivity index (χ1n) is 6.49. The normalized spacial score (nSPS) is 16.6. The number of halogens is 1. The molecule has 1 aliphatic rings. The second kappa shape index (κ2) is 5.59. The van der Waals surface area contributed by atoms with Gasteiger partial charge in [0.15, 0.2) is 0 Å². The molecule has 1 aliphatic carbocycles. The summed E-state index contributed by atoms with van der Waals surface area (Å²) in [7, 11) is 0. The SMILES string of the molecule is ON=C1C=C(c2ccc(Cc3ccc(F)cc3)s2)CC1. The van der Waals surface area contributed by atoms with Crippen LogP contribution in [0.15, 0.2) is 47.6 Å². The summed E-state index contributed by atoms with van der Waals surface area (Å²) in [5, 5.41) is 12.0. The minimum absolute atomic E-state index is 0.201. The van der Waals surface area contributed by atoms with E-state index in [4.69, 9.17) is 5.21 Å². The van der Waals surface area contributed by atoms with Gasteiger partial charge in [0.05, 0.1) is 5.71 Å². The topological polar surface area (TPSA) is 32.6 Å². The van der Waals surface area contributed by atoms with Gasteiger partial charge in [-0.2, -0.15) is 0 Å². The number of rotatable bonds is 3. The Balaban J connectivity index is 1.76. The van der Waals surface area contributed by atoms with Crippen molar-refractivity contribution in [2.75, 3.05) is 0 Å². The molecule has 2 nitrogen and oxygen atoms in total. The summed E-state index contributed by atoms with van der Waals surface area (Å²) in [6.07, 6.45) is 4.50. The molecule has 0 spiro atoms. The van der Waals surface area contributed by atoms with E-state index in [9.17, 15) is 4.39 Å². The molecule has 1 N–H and O–H groups in total. The number of benzene rings is 1. The molecule has 4 heteroatoms. The van der Waals surface area contributed by atoms with Crippen LogP contribution in [0.1, 0.15) is 28.2 Å². The molecule has 0 aliphatic heterocycles. The van der Waals surface area contributed by atoms with Crippen molar-refractivity contribution in [1.29, 1.82) is 0 Å². The molecular weight excluding hydrogens is 273 g/mol. The van der Waals surface area contributed by atoms with Crippen LogP contribution in [0.4, 0.5) is 4.39 Å². The lowest BCUT2D eigenvalue weighted by Crippen LogP contribution is -1.84. The third-order valence-electron chi connectivity index (χ3n) is 3.39. The molecule has 2 aromatic rings. The standard InChI is InChI=1S/C16H14FNOS/c17-13-4-1-11(2-5-13)9-15-7-8-16(20-15)12-3-6-14(10-12)18-19/h1-2,4-5,7-8,10,19H,3,6,9H2. The van der Waals surface area contributed by atoms with Gasteiger partial charge >= 0.3 is 0 Å². The average Bonchev–Trinajstić information content (AvgIpc) is 3.10. The van der Waals surface area contributed by atoms with Crippen LogP contribution in [-0.2, 0) is 6.42 Å². The van der Waals surface area contributed by atoms with Gasteiger partial charge in [-0.05, 0) is 54.3 Å². The van der Waals surface area contributed by atoms with Crippen LogP contribution < -0.4 is 0 Å². The van der Waals surface area contributed by atoms with E-state index in [-0.39, 0.29) is 5.82 Å². The van der Waals surface area contributed by atoms with Gasteiger partial charge in [-0.3, -0.25) is 0 Å². The first kappa shape index (κ1) is 13.1. The number of nitrogens with zero attached hydrogens (tertiary/aromatic N) is 1. The lowest BCUT2D eigenvalue weighted by Gasteiger charge is -1.98. The summed E-state index contributed by atoms with van der Waals surface area (Å²) >= 11 is 1.74. The molecule has 20 heavy (non-hydrogen) atoms. The fourth-order valence-corrected chi connectivity index (χ4v) is 3.42. The Hall–Kier alpha value is -1.94. The zero-order valence-corrected chi connectivity index (χ0v) is 11.7. The largest absolute Gasteiger partial charge is 0.411 e. The molecule has 0 atom stereocenters. The van der Waals surface area contributed by atoms with Crippen molar-refractivity contribution in [3.05, 3.63) is 63.6 Å². The van der Waals surface area contributed by atoms with Gasteiger partial charge in [0, 0.05) is 16.2 Å². The quantitative estimate of drug-likeness (QED) is 0.655. The van der Waals surface area contributed by atoms with Gasteiger partial charge in [-0.15, -0.1) is 11.3 Å². The molecule has 0 radical (unpaired) electrons. The van der Waals surface area contributed by atoms with E-state index >= 15 is 0 Å². The number of oxime groups is 1. The first-order chi connectivity index (χ1) is 9.74. The van der Waals surface area contributed by atoms with Gasteiger partial charge in [0.25, 0.3) is 0 Å². The Morgan fingerprint density at radius 3 is 2.60 bits per heavy atom. The van der Waals surface area contributed by atoms with E-state index in [1.165, 1.54) is 27.5 Å². The zero-order chi connectivity index (χ0) is 13.9. The van der Waals surface area contributed by atoms with E-state index in [0.717, 1.165) is 30.5 Å². The molecule has 102 valence electrons. The molecule has 1 heterocycles. The Bertz CT molecular complexity index is 670. The molecule has 3 rings (SSSR count). The lowest BCUT2D eigenvalue weighted by atomic mass is 10.1. The molecule has 0 saturated carbocycles. The Labute approximate surface area is 120 Å². The Morgan fingerprint density at radius 2 is 1.90 bits per heavy atom. The van der Waals surface area contributed by atoms with E-state index in [1.54, 1.807) is 11.3 Å². The van der Waals surface area contributed by atoms with Crippen LogP contribution in [0.3, 0.4) is 0 Å². The molecular formula is C16H14FNOS. The fourth-order valence-electron chi connectivity index (χ4n) is 2.33. The van der Waals surface area contributed by atoms with Crippen LogP contribution >= 0.6 is 11.3 Å². The molecule has 0 bridgehead atoms. The van der Waals surface area contributed by atoms with Crippen LogP contribution in [0.2, 0.25) is 0 Å². The third kappa shape index (κ3) is 2.80. The minimum atomic E-state index is -0.201. The highest BCUT2D eigenvalue weighted by Gasteiger charge is 2.14. The van der Waals surface area contributed by atoms with E-state index in [1.807, 2.05) is 18.2 Å². The molecule has 1 aromatic heterocycles. The molecule has 0 saturated heterocycles. The van der Waals surface area contributed by atoms with Gasteiger partial charge in [-0.1, -0.05) is 17.3 Å². The molecule has 0 fully saturated rings. The van der Waals surface area contributed by atoms with Gasteiger partial charge in [-0.25, -0.2) is 4.39 Å². The second-order valence-electron chi connectivity index (χ2n) is 4.83. The van der Waals surface area contributed by atoms with Crippen molar-refractivity contribution in [2.24, 2.45) is 5.16 Å². The summed E-state index contributed by atoms with van der Waals surface area (Å²) in [5.41, 5.74) is 3.08. The van der Waals surface area contributed by atoms with Gasteiger partial charge < -0.3 is 5.21 Å². The van der Waals surface area contributed by atoms with Gasteiger partial charge in [0.1, 0.15) is 5.82 Å². The van der Waals surface area contributed by atoms with Crippen molar-refractivity contribution in [3.63, 3.8) is 0 Å². The maximum atomic E-state index is 12.9. The number of allylic oxidation sites excluding steroid dienone is 2. The molecule has 1 aromatic carbocycles. The fraction of sp³-hybridized carbons (Fsp3) is 0.188. The maximum absolute atomic E-state index is 12.9. The third-order valence-corrected chi connectivity index (χ3v) is 4.55. The van der Waals surface area contributed by atoms with Crippen LogP contribution in [0.25, 0.3) is 5.57 Å². The van der Waals surface area contributed by atoms with Crippen molar-refractivity contribution in [3.8, 4) is 0 Å². The Morgan fingerprint density at radius 1 is 1.10 bits per heavy atom. The monoisotopic (exact) mass is 287 g/mol. The molecule has 0 unspecified atom stereocenters. The summed E-state index contributed by atoms with van der Waals surface area (Å²) < 4.78 is 12.9. The summed E-state index contributed by atoms with van der Waals surface area (Å²) in [6, 6.07) is 10.8. The van der Waals surface area contributed by atoms with E-state index < -0.39 is 0 Å². The van der Waals surface area contributed by atoms with Crippen LogP contribution in [0.5, 0.6) is 0 Å².